The van der Waals surface area contributed by atoms with Crippen LogP contribution in [0.25, 0.3) is 0 Å². The van der Waals surface area contributed by atoms with Crippen molar-refractivity contribution >= 4 is 17.8 Å². The van der Waals surface area contributed by atoms with Crippen LogP contribution in [-0.4, -0.2) is 79.0 Å². The lowest BCUT2D eigenvalue weighted by Gasteiger charge is -2.32. The van der Waals surface area contributed by atoms with Crippen molar-refractivity contribution in [3.63, 3.8) is 0 Å². The Morgan fingerprint density at radius 2 is 0.957 bits per heavy atom. The fraction of sp³-hybridized carbons (Fsp3) is 0.444. The maximum atomic E-state index is 13.2. The molecule has 0 aliphatic carbocycles. The average molecular weight is 704 g/mol. The number of carbonyl (C=O) groups is 3. The Labute approximate surface area is 259 Å². The number of nitrogens with two attached hydrogens (primary N) is 1. The maximum Gasteiger partial charge on any atom is 0.490 e. The van der Waals surface area contributed by atoms with Crippen LogP contribution in [0.1, 0.15) is 22.3 Å². The second-order valence-electron chi connectivity index (χ2n) is 9.89. The van der Waals surface area contributed by atoms with Gasteiger partial charge >= 0.3 is 36.6 Å². The molecular weight excluding hydrogens is 674 g/mol. The predicted octanol–water partition coefficient (Wildman–Crippen LogP) is 5.40. The van der Waals surface area contributed by atoms with Crippen molar-refractivity contribution in [2.75, 3.05) is 33.7 Å². The van der Waals surface area contributed by atoms with Gasteiger partial charge in [0, 0.05) is 19.6 Å². The minimum absolute atomic E-state index is 0.0243. The number of hydrogen-bond acceptors (Lipinski definition) is 5. The van der Waals surface area contributed by atoms with Gasteiger partial charge in [-0.15, -0.1) is 0 Å². The van der Waals surface area contributed by atoms with Crippen molar-refractivity contribution in [2.45, 2.75) is 37.5 Å². The number of hydrogen-bond donors (Lipinski definition) is 4. The van der Waals surface area contributed by atoms with E-state index in [-0.39, 0.29) is 19.4 Å². The van der Waals surface area contributed by atoms with E-state index in [1.54, 1.807) is 0 Å². The highest BCUT2D eigenvalue weighted by atomic mass is 19.4. The van der Waals surface area contributed by atoms with Crippen LogP contribution in [-0.2, 0) is 39.6 Å². The van der Waals surface area contributed by atoms with Crippen LogP contribution in [0, 0.1) is 5.41 Å². The first-order valence-electron chi connectivity index (χ1n) is 12.7. The number of rotatable bonds is 9. The second kappa shape index (κ2) is 17.2. The third-order valence-corrected chi connectivity index (χ3v) is 5.85. The Hall–Kier alpha value is -4.07. The first kappa shape index (κ1) is 42.9. The van der Waals surface area contributed by atoms with E-state index in [0.717, 1.165) is 24.3 Å². The van der Waals surface area contributed by atoms with Crippen molar-refractivity contribution in [3.05, 3.63) is 70.8 Å². The van der Waals surface area contributed by atoms with Crippen molar-refractivity contribution in [3.8, 4) is 0 Å². The smallest absolute Gasteiger partial charge is 0.475 e. The molecule has 0 unspecified atom stereocenters. The molecule has 0 radical (unpaired) electrons. The summed E-state index contributed by atoms with van der Waals surface area (Å²) in [5.41, 5.74) is 4.03. The normalized spacial score (nSPS) is 12.3. The van der Waals surface area contributed by atoms with Gasteiger partial charge in [0.05, 0.1) is 16.5 Å². The highest BCUT2D eigenvalue weighted by molar-refractivity contribution is 5.83. The van der Waals surface area contributed by atoms with Crippen molar-refractivity contribution in [1.29, 1.82) is 0 Å². The number of benzene rings is 2. The molecule has 0 atom stereocenters. The van der Waals surface area contributed by atoms with Gasteiger partial charge in [-0.2, -0.15) is 52.7 Å². The molecule has 0 aliphatic heterocycles. The third kappa shape index (κ3) is 15.9. The van der Waals surface area contributed by atoms with Gasteiger partial charge < -0.3 is 26.2 Å². The molecule has 0 saturated carbocycles. The molecule has 0 saturated heterocycles. The average Bonchev–Trinajstić information content (AvgIpc) is 2.91. The number of aliphatic carboxylic acids is 2. The molecule has 20 heteroatoms. The monoisotopic (exact) mass is 703 g/mol. The Kier molecular flexibility index (Phi) is 15.7. The molecule has 0 heterocycles. The summed E-state index contributed by atoms with van der Waals surface area (Å²) in [4.78, 5) is 32.8. The summed E-state index contributed by atoms with van der Waals surface area (Å²) >= 11 is 0. The summed E-state index contributed by atoms with van der Waals surface area (Å²) < 4.78 is 141. The number of alkyl halides is 12. The summed E-state index contributed by atoms with van der Waals surface area (Å²) in [7, 11) is 3.65. The molecule has 266 valence electrons. The molecule has 2 aromatic rings. The fourth-order valence-electron chi connectivity index (χ4n) is 3.45. The van der Waals surface area contributed by atoms with Crippen LogP contribution in [0.15, 0.2) is 48.5 Å². The Morgan fingerprint density at radius 1 is 0.660 bits per heavy atom. The van der Waals surface area contributed by atoms with Crippen molar-refractivity contribution in [2.24, 2.45) is 11.1 Å². The van der Waals surface area contributed by atoms with Gasteiger partial charge in [0.15, 0.2) is 0 Å². The van der Waals surface area contributed by atoms with Crippen LogP contribution in [0.4, 0.5) is 52.7 Å². The largest absolute Gasteiger partial charge is 0.490 e. The summed E-state index contributed by atoms with van der Waals surface area (Å²) in [5, 5.41) is 17.0. The molecule has 0 aliphatic rings. The molecular formula is C27H29F12N3O5. The standard InChI is InChI=1S/C23H27F6N3O.2C2HF3O2/c1-32(2)12-11-31-20(33)21(15-30,13-16-3-7-18(8-4-16)22(24,25)26)14-17-5-9-19(10-6-17)23(27,28)29;2*3-2(4,5)1(6)7/h3-10H,11-15,30H2,1-2H3,(H,31,33);2*(H,6,7). The van der Waals surface area contributed by atoms with Gasteiger partial charge in [0.1, 0.15) is 0 Å². The summed E-state index contributed by atoms with van der Waals surface area (Å²) in [6, 6.07) is 8.86. The molecule has 0 spiro atoms. The second-order valence-corrected chi connectivity index (χ2v) is 9.89. The van der Waals surface area contributed by atoms with Crippen LogP contribution in [0.5, 0.6) is 0 Å². The topological polar surface area (TPSA) is 133 Å². The van der Waals surface area contributed by atoms with E-state index < -0.39 is 59.1 Å². The molecule has 8 nitrogen and oxygen atoms in total. The van der Waals surface area contributed by atoms with Gasteiger partial charge in [-0.3, -0.25) is 4.79 Å². The van der Waals surface area contributed by atoms with Gasteiger partial charge in [-0.1, -0.05) is 24.3 Å². The number of amides is 1. The number of carbonyl (C=O) groups excluding carboxylic acids is 1. The lowest BCUT2D eigenvalue weighted by molar-refractivity contribution is -0.193. The van der Waals surface area contributed by atoms with Crippen molar-refractivity contribution in [1.82, 2.24) is 10.2 Å². The van der Waals surface area contributed by atoms with Crippen LogP contribution >= 0.6 is 0 Å². The summed E-state index contributed by atoms with van der Waals surface area (Å²) in [6.45, 7) is 0.712. The van der Waals surface area contributed by atoms with Gasteiger partial charge in [0.2, 0.25) is 5.91 Å². The Balaban J connectivity index is 0.00000126. The van der Waals surface area contributed by atoms with Crippen molar-refractivity contribution < 1.29 is 77.3 Å². The Morgan fingerprint density at radius 3 is 1.17 bits per heavy atom. The van der Waals surface area contributed by atoms with E-state index in [2.05, 4.69) is 5.32 Å². The number of nitrogens with zero attached hydrogens (tertiary/aromatic N) is 1. The van der Waals surface area contributed by atoms with E-state index in [0.29, 0.717) is 24.2 Å². The molecule has 5 N–H and O–H groups in total. The number of nitrogens with one attached hydrogen (secondary N) is 1. The molecule has 47 heavy (non-hydrogen) atoms. The van der Waals surface area contributed by atoms with Gasteiger partial charge in [0.25, 0.3) is 0 Å². The minimum Gasteiger partial charge on any atom is -0.475 e. The Bertz CT molecular complexity index is 1210. The molecule has 1 amide bonds. The first-order chi connectivity index (χ1) is 21.2. The molecule has 0 fully saturated rings. The number of likely N-dealkylation sites (N-methyl/N-ethyl adjacent to an activating group) is 1. The fourth-order valence-corrected chi connectivity index (χ4v) is 3.45. The number of halogens is 12. The zero-order valence-electron chi connectivity index (χ0n) is 24.3. The molecule has 0 bridgehead atoms. The van der Waals surface area contributed by atoms with E-state index >= 15 is 0 Å². The molecule has 2 rings (SSSR count). The van der Waals surface area contributed by atoms with E-state index in [4.69, 9.17) is 25.5 Å². The van der Waals surface area contributed by atoms with E-state index in [1.807, 2.05) is 19.0 Å². The van der Waals surface area contributed by atoms with E-state index in [1.165, 1.54) is 24.3 Å². The number of carboxylic acid groups (broad SMARTS) is 2. The SMILES string of the molecule is CN(C)CCNC(=O)C(CN)(Cc1ccc(C(F)(F)F)cc1)Cc1ccc(C(F)(F)F)cc1.O=C(O)C(F)(F)F.O=C(O)C(F)(F)F. The highest BCUT2D eigenvalue weighted by Gasteiger charge is 2.40. The molecule has 2 aromatic carbocycles. The lowest BCUT2D eigenvalue weighted by Crippen LogP contribution is -2.50. The van der Waals surface area contributed by atoms with Crippen LogP contribution in [0.2, 0.25) is 0 Å². The summed E-state index contributed by atoms with van der Waals surface area (Å²) in [5.74, 6) is -5.92. The third-order valence-electron chi connectivity index (χ3n) is 5.85. The zero-order chi connectivity index (χ0) is 37.0. The molecule has 0 aromatic heterocycles. The van der Waals surface area contributed by atoms with Crippen LogP contribution in [0.3, 0.4) is 0 Å². The summed E-state index contributed by atoms with van der Waals surface area (Å²) in [6.07, 6.45) is -19.1. The zero-order valence-corrected chi connectivity index (χ0v) is 24.3. The first-order valence-corrected chi connectivity index (χ1v) is 12.7. The lowest BCUT2D eigenvalue weighted by atomic mass is 9.75. The van der Waals surface area contributed by atoms with E-state index in [9.17, 15) is 57.5 Å². The number of carboxylic acids is 2. The quantitative estimate of drug-likeness (QED) is 0.257. The van der Waals surface area contributed by atoms with Crippen LogP contribution < -0.4 is 11.1 Å². The van der Waals surface area contributed by atoms with Gasteiger partial charge in [-0.05, 0) is 62.3 Å². The predicted molar refractivity (Wildman–Crippen MR) is 141 cm³/mol. The highest BCUT2D eigenvalue weighted by Crippen LogP contribution is 2.33. The maximum absolute atomic E-state index is 13.2. The minimum atomic E-state index is -5.08. The van der Waals surface area contributed by atoms with Gasteiger partial charge in [-0.25, -0.2) is 9.59 Å².